The predicted molar refractivity (Wildman–Crippen MR) is 244 cm³/mol. The van der Waals surface area contributed by atoms with Crippen molar-refractivity contribution in [2.45, 2.75) is 218 Å². The number of rotatable bonds is 40. The molecule has 3 rings (SSSR count). The second-order valence-electron chi connectivity index (χ2n) is 16.9. The van der Waals surface area contributed by atoms with Crippen LogP contribution in [0, 0.1) is 0 Å². The van der Waals surface area contributed by atoms with Crippen LogP contribution in [0.4, 0.5) is 0 Å². The fourth-order valence-electron chi connectivity index (χ4n) is 8.44. The van der Waals surface area contributed by atoms with E-state index in [1.807, 2.05) is 0 Å². The quantitative estimate of drug-likeness (QED) is 0.0446. The Morgan fingerprint density at radius 1 is 0.250 bits per heavy atom. The number of hydrogen-bond donors (Lipinski definition) is 2. The molecule has 3 aromatic carbocycles. The molecule has 0 aliphatic heterocycles. The number of benzene rings is 3. The lowest BCUT2D eigenvalue weighted by Gasteiger charge is -2.18. The second kappa shape index (κ2) is 34.7. The molecule has 318 valence electrons. The molecule has 4 nitrogen and oxygen atoms in total. The normalized spacial score (nSPS) is 11.6. The Kier molecular flexibility index (Phi) is 29.8. The number of ether oxygens (including phenoxy) is 2. The van der Waals surface area contributed by atoms with Gasteiger partial charge in [0.25, 0.3) is 0 Å². The summed E-state index contributed by atoms with van der Waals surface area (Å²) >= 11 is 0. The first-order valence-corrected chi connectivity index (χ1v) is 24.3. The zero-order chi connectivity index (χ0) is 39.4. The van der Waals surface area contributed by atoms with Crippen LogP contribution < -0.4 is 9.47 Å². The molecule has 0 saturated heterocycles. The summed E-state index contributed by atoms with van der Waals surface area (Å²) in [4.78, 5) is 0. The van der Waals surface area contributed by atoms with Gasteiger partial charge < -0.3 is 19.7 Å². The van der Waals surface area contributed by atoms with Gasteiger partial charge in [-0.25, -0.2) is 0 Å². The molecule has 0 spiro atoms. The molecule has 0 saturated carbocycles. The van der Waals surface area contributed by atoms with Gasteiger partial charge in [-0.2, -0.15) is 0 Å². The molecule has 0 unspecified atom stereocenters. The minimum Gasteiger partial charge on any atom is -0.492 e. The van der Waals surface area contributed by atoms with Crippen molar-refractivity contribution in [1.29, 1.82) is 0 Å². The standard InChI is InChI=1S/C52H86O4/c53-43-35-27-23-19-15-11-7-3-1-5-9-13-17-21-25-29-37-45-55-51-47-39-31-33-41-49(47)52(50-42-34-32-40-48(50)51)56-46-38-30-26-22-18-14-10-6-2-4-8-12-16-20-24-28-36-44-54/h31-34,39-42,53-54H,1-30,35-38,43-46H2. The minimum atomic E-state index is 0.356. The average molecular weight is 775 g/mol. The number of fused-ring (bicyclic) bond motifs is 2. The molecule has 0 amide bonds. The third-order valence-corrected chi connectivity index (χ3v) is 11.9. The van der Waals surface area contributed by atoms with E-state index in [0.717, 1.165) is 50.4 Å². The summed E-state index contributed by atoms with van der Waals surface area (Å²) in [5, 5.41) is 22.4. The van der Waals surface area contributed by atoms with Gasteiger partial charge >= 0.3 is 0 Å². The molecule has 2 N–H and O–H groups in total. The summed E-state index contributed by atoms with van der Waals surface area (Å²) < 4.78 is 13.2. The van der Waals surface area contributed by atoms with Crippen molar-refractivity contribution in [3.63, 3.8) is 0 Å². The molecule has 0 aromatic heterocycles. The van der Waals surface area contributed by atoms with Crippen LogP contribution in [0.5, 0.6) is 11.5 Å². The second-order valence-corrected chi connectivity index (χ2v) is 16.9. The summed E-state index contributed by atoms with van der Waals surface area (Å²) in [5.74, 6) is 2.03. The fourth-order valence-corrected chi connectivity index (χ4v) is 8.44. The smallest absolute Gasteiger partial charge is 0.135 e. The van der Waals surface area contributed by atoms with E-state index in [4.69, 9.17) is 19.7 Å². The summed E-state index contributed by atoms with van der Waals surface area (Å²) in [5.41, 5.74) is 0. The zero-order valence-electron chi connectivity index (χ0n) is 36.2. The van der Waals surface area contributed by atoms with E-state index in [-0.39, 0.29) is 0 Å². The summed E-state index contributed by atoms with van der Waals surface area (Å²) in [6, 6.07) is 17.3. The largest absolute Gasteiger partial charge is 0.492 e. The van der Waals surface area contributed by atoms with E-state index >= 15 is 0 Å². The highest BCUT2D eigenvalue weighted by atomic mass is 16.5. The van der Waals surface area contributed by atoms with Gasteiger partial charge in [0.1, 0.15) is 11.5 Å². The summed E-state index contributed by atoms with van der Waals surface area (Å²) in [6.45, 7) is 2.25. The molecule has 4 heteroatoms. The third kappa shape index (κ3) is 22.0. The van der Waals surface area contributed by atoms with Crippen molar-refractivity contribution >= 4 is 21.5 Å². The van der Waals surface area contributed by atoms with Crippen LogP contribution in [-0.4, -0.2) is 36.6 Å². The molecule has 3 aromatic rings. The van der Waals surface area contributed by atoms with Gasteiger partial charge in [0, 0.05) is 34.8 Å². The van der Waals surface area contributed by atoms with E-state index in [1.165, 1.54) is 214 Å². The first-order chi connectivity index (χ1) is 27.9. The van der Waals surface area contributed by atoms with Crippen LogP contribution in [0.2, 0.25) is 0 Å². The van der Waals surface area contributed by atoms with Crippen LogP contribution in [-0.2, 0) is 0 Å². The van der Waals surface area contributed by atoms with Crippen LogP contribution in [0.1, 0.15) is 218 Å². The van der Waals surface area contributed by atoms with Gasteiger partial charge in [-0.05, 0) is 25.7 Å². The fraction of sp³-hybridized carbons (Fsp3) is 0.731. The molecule has 0 heterocycles. The SMILES string of the molecule is OCCCCCCCCCCCCCCCCCCCOc1c2ccccc2c(OCCCCCCCCCCCCCCCCCCCO)c2ccccc12. The molecule has 0 atom stereocenters. The first-order valence-electron chi connectivity index (χ1n) is 24.3. The van der Waals surface area contributed by atoms with Gasteiger partial charge in [0.2, 0.25) is 0 Å². The summed E-state index contributed by atoms with van der Waals surface area (Å²) in [7, 11) is 0. The maximum Gasteiger partial charge on any atom is 0.135 e. The molecular formula is C52H86O4. The predicted octanol–water partition coefficient (Wildman–Crippen LogP) is 16.0. The highest BCUT2D eigenvalue weighted by Gasteiger charge is 2.16. The van der Waals surface area contributed by atoms with Gasteiger partial charge in [-0.15, -0.1) is 0 Å². The van der Waals surface area contributed by atoms with E-state index in [0.29, 0.717) is 13.2 Å². The van der Waals surface area contributed by atoms with Crippen molar-refractivity contribution in [2.24, 2.45) is 0 Å². The lowest BCUT2D eigenvalue weighted by atomic mass is 10.0. The molecule has 56 heavy (non-hydrogen) atoms. The lowest BCUT2D eigenvalue weighted by Crippen LogP contribution is -2.02. The van der Waals surface area contributed by atoms with Gasteiger partial charge in [-0.3, -0.25) is 0 Å². The van der Waals surface area contributed by atoms with Gasteiger partial charge in [0.05, 0.1) is 13.2 Å². The number of unbranched alkanes of at least 4 members (excludes halogenated alkanes) is 32. The van der Waals surface area contributed by atoms with Crippen molar-refractivity contribution in [3.8, 4) is 11.5 Å². The zero-order valence-corrected chi connectivity index (χ0v) is 36.2. The molecule has 0 aliphatic carbocycles. The van der Waals surface area contributed by atoms with Crippen LogP contribution in [0.3, 0.4) is 0 Å². The van der Waals surface area contributed by atoms with E-state index in [1.54, 1.807) is 0 Å². The van der Waals surface area contributed by atoms with E-state index in [2.05, 4.69) is 48.5 Å². The topological polar surface area (TPSA) is 58.9 Å². The molecular weight excluding hydrogens is 689 g/mol. The Labute approximate surface area is 344 Å². The first kappa shape index (κ1) is 48.1. The Morgan fingerprint density at radius 3 is 0.625 bits per heavy atom. The van der Waals surface area contributed by atoms with Gasteiger partial charge in [0.15, 0.2) is 0 Å². The number of aliphatic hydroxyl groups excluding tert-OH is 2. The maximum absolute atomic E-state index is 8.86. The molecule has 0 aliphatic rings. The van der Waals surface area contributed by atoms with Crippen LogP contribution >= 0.6 is 0 Å². The Balaban J connectivity index is 1.22. The van der Waals surface area contributed by atoms with Crippen molar-refractivity contribution < 1.29 is 19.7 Å². The lowest BCUT2D eigenvalue weighted by molar-refractivity contribution is 0.282. The molecule has 0 fully saturated rings. The van der Waals surface area contributed by atoms with Crippen molar-refractivity contribution in [3.05, 3.63) is 48.5 Å². The van der Waals surface area contributed by atoms with Crippen molar-refractivity contribution in [1.82, 2.24) is 0 Å². The van der Waals surface area contributed by atoms with E-state index in [9.17, 15) is 0 Å². The number of aliphatic hydroxyl groups is 2. The highest BCUT2D eigenvalue weighted by molar-refractivity contribution is 6.11. The maximum atomic E-state index is 8.86. The van der Waals surface area contributed by atoms with Crippen LogP contribution in [0.15, 0.2) is 48.5 Å². The Morgan fingerprint density at radius 2 is 0.429 bits per heavy atom. The molecule has 0 radical (unpaired) electrons. The Bertz CT molecular complexity index is 1160. The van der Waals surface area contributed by atoms with Crippen molar-refractivity contribution in [2.75, 3.05) is 26.4 Å². The molecule has 0 bridgehead atoms. The average Bonchev–Trinajstić information content (AvgIpc) is 3.22. The van der Waals surface area contributed by atoms with E-state index < -0.39 is 0 Å². The summed E-state index contributed by atoms with van der Waals surface area (Å²) in [6.07, 6.45) is 44.8. The number of hydrogen-bond acceptors (Lipinski definition) is 4. The monoisotopic (exact) mass is 775 g/mol. The minimum absolute atomic E-state index is 0.356. The Hall–Kier alpha value is -2.30. The third-order valence-electron chi connectivity index (χ3n) is 11.9. The van der Waals surface area contributed by atoms with Crippen LogP contribution in [0.25, 0.3) is 21.5 Å². The van der Waals surface area contributed by atoms with Gasteiger partial charge in [-0.1, -0.05) is 241 Å². The highest BCUT2D eigenvalue weighted by Crippen LogP contribution is 2.42.